The first-order valence-electron chi connectivity index (χ1n) is 6.83. The number of nitrogens with zero attached hydrogens (tertiary/aromatic N) is 2. The first-order valence-corrected chi connectivity index (χ1v) is 7.62. The van der Waals surface area contributed by atoms with E-state index >= 15 is 0 Å². The van der Waals surface area contributed by atoms with Gasteiger partial charge in [-0.05, 0) is 30.5 Å². The van der Waals surface area contributed by atoms with Crippen LogP contribution in [0.4, 0.5) is 5.82 Å². The van der Waals surface area contributed by atoms with Crippen LogP contribution in [0.1, 0.15) is 24.5 Å². The van der Waals surface area contributed by atoms with Gasteiger partial charge in [0.25, 0.3) is 0 Å². The van der Waals surface area contributed by atoms with Crippen molar-refractivity contribution in [3.05, 3.63) is 34.4 Å². The molecule has 0 saturated carbocycles. The number of aromatic nitrogens is 2. The quantitative estimate of drug-likeness (QED) is 0.915. The van der Waals surface area contributed by atoms with Crippen molar-refractivity contribution in [1.82, 2.24) is 9.78 Å². The molecule has 0 aliphatic carbocycles. The molecule has 0 bridgehead atoms. The predicted octanol–water partition coefficient (Wildman–Crippen LogP) is 3.33. The van der Waals surface area contributed by atoms with Crippen molar-refractivity contribution in [3.63, 3.8) is 0 Å². The van der Waals surface area contributed by atoms with Gasteiger partial charge in [-0.15, -0.1) is 0 Å². The van der Waals surface area contributed by atoms with E-state index in [1.54, 1.807) is 4.68 Å². The van der Waals surface area contributed by atoms with Crippen molar-refractivity contribution in [2.24, 2.45) is 7.05 Å². The van der Waals surface area contributed by atoms with Gasteiger partial charge in [-0.2, -0.15) is 5.10 Å². The minimum Gasteiger partial charge on any atom is -0.383 e. The first kappa shape index (κ1) is 13.6. The number of ether oxygens (including phenoxy) is 1. The lowest BCUT2D eigenvalue weighted by Gasteiger charge is -2.21. The number of nitrogen functional groups attached to an aromatic ring is 1. The van der Waals surface area contributed by atoms with Crippen molar-refractivity contribution in [2.45, 2.75) is 18.8 Å². The molecule has 1 atom stereocenters. The minimum absolute atomic E-state index is 0.334. The molecule has 1 aliphatic heterocycles. The molecule has 0 amide bonds. The van der Waals surface area contributed by atoms with Gasteiger partial charge in [-0.25, -0.2) is 0 Å². The van der Waals surface area contributed by atoms with E-state index in [0.717, 1.165) is 47.3 Å². The third-order valence-electron chi connectivity index (χ3n) is 3.78. The zero-order valence-corrected chi connectivity index (χ0v) is 13.1. The normalized spacial score (nSPS) is 19.2. The van der Waals surface area contributed by atoms with Crippen LogP contribution in [0.15, 0.2) is 28.7 Å². The van der Waals surface area contributed by atoms with Gasteiger partial charge >= 0.3 is 0 Å². The average Bonchev–Trinajstić information content (AvgIpc) is 2.76. The van der Waals surface area contributed by atoms with Gasteiger partial charge in [0.15, 0.2) is 0 Å². The maximum absolute atomic E-state index is 6.24. The van der Waals surface area contributed by atoms with Crippen molar-refractivity contribution >= 4 is 21.7 Å². The van der Waals surface area contributed by atoms with Crippen LogP contribution in [0.25, 0.3) is 11.1 Å². The van der Waals surface area contributed by atoms with Gasteiger partial charge in [-0.3, -0.25) is 4.68 Å². The molecule has 4 nitrogen and oxygen atoms in total. The standard InChI is InChI=1S/C15H18BrN3O/c1-19-15(17)13(10-4-2-6-12(16)8-10)14(18-19)11-5-3-7-20-9-11/h2,4,6,8,11H,3,5,7,9,17H2,1H3. The van der Waals surface area contributed by atoms with Crippen LogP contribution >= 0.6 is 15.9 Å². The Balaban J connectivity index is 2.09. The number of hydrogen-bond acceptors (Lipinski definition) is 3. The molecule has 106 valence electrons. The van der Waals surface area contributed by atoms with E-state index in [4.69, 9.17) is 10.5 Å². The topological polar surface area (TPSA) is 53.1 Å². The molecule has 1 aliphatic rings. The van der Waals surface area contributed by atoms with Gasteiger partial charge in [-0.1, -0.05) is 28.1 Å². The third-order valence-corrected chi connectivity index (χ3v) is 4.27. The van der Waals surface area contributed by atoms with Gasteiger partial charge in [0.05, 0.1) is 12.3 Å². The maximum atomic E-state index is 6.24. The van der Waals surface area contributed by atoms with Crippen LogP contribution in [0.3, 0.4) is 0 Å². The van der Waals surface area contributed by atoms with Crippen LogP contribution in [-0.2, 0) is 11.8 Å². The van der Waals surface area contributed by atoms with Crippen LogP contribution in [0, 0.1) is 0 Å². The summed E-state index contributed by atoms with van der Waals surface area (Å²) in [6, 6.07) is 8.19. The Hall–Kier alpha value is -1.33. The molecular formula is C15H18BrN3O. The minimum atomic E-state index is 0.334. The second kappa shape index (κ2) is 5.58. The molecule has 1 aromatic heterocycles. The van der Waals surface area contributed by atoms with Crippen molar-refractivity contribution in [2.75, 3.05) is 18.9 Å². The highest BCUT2D eigenvalue weighted by Crippen LogP contribution is 2.37. The number of benzene rings is 1. The number of aryl methyl sites for hydroxylation is 1. The molecule has 0 radical (unpaired) electrons. The number of halogens is 1. The summed E-state index contributed by atoms with van der Waals surface area (Å²) in [6.45, 7) is 1.59. The highest BCUT2D eigenvalue weighted by molar-refractivity contribution is 9.10. The maximum Gasteiger partial charge on any atom is 0.129 e. The average molecular weight is 336 g/mol. The predicted molar refractivity (Wildman–Crippen MR) is 83.6 cm³/mol. The van der Waals surface area contributed by atoms with Gasteiger partial charge in [0.1, 0.15) is 5.82 Å². The molecule has 2 heterocycles. The molecule has 2 aromatic rings. The second-order valence-corrected chi connectivity index (χ2v) is 6.11. The SMILES string of the molecule is Cn1nc(C2CCCOC2)c(-c2cccc(Br)c2)c1N. The Morgan fingerprint density at radius 2 is 2.30 bits per heavy atom. The van der Waals surface area contributed by atoms with E-state index in [0.29, 0.717) is 11.7 Å². The van der Waals surface area contributed by atoms with Crippen LogP contribution in [0.5, 0.6) is 0 Å². The van der Waals surface area contributed by atoms with E-state index in [1.165, 1.54) is 0 Å². The number of nitrogens with two attached hydrogens (primary N) is 1. The number of anilines is 1. The first-order chi connectivity index (χ1) is 9.66. The zero-order chi connectivity index (χ0) is 14.1. The summed E-state index contributed by atoms with van der Waals surface area (Å²) in [5.41, 5.74) is 9.44. The summed E-state index contributed by atoms with van der Waals surface area (Å²) in [7, 11) is 1.89. The molecule has 1 fully saturated rings. The monoisotopic (exact) mass is 335 g/mol. The summed E-state index contributed by atoms with van der Waals surface area (Å²) in [6.07, 6.45) is 2.19. The third kappa shape index (κ3) is 2.47. The highest BCUT2D eigenvalue weighted by atomic mass is 79.9. The van der Waals surface area contributed by atoms with Gasteiger partial charge < -0.3 is 10.5 Å². The lowest BCUT2D eigenvalue weighted by atomic mass is 9.93. The van der Waals surface area contributed by atoms with Crippen LogP contribution < -0.4 is 5.73 Å². The molecule has 1 unspecified atom stereocenters. The summed E-state index contributed by atoms with van der Waals surface area (Å²) in [5.74, 6) is 1.05. The Labute approximate surface area is 127 Å². The molecule has 1 aromatic carbocycles. The Bertz CT molecular complexity index is 618. The molecule has 20 heavy (non-hydrogen) atoms. The second-order valence-electron chi connectivity index (χ2n) is 5.19. The molecule has 3 rings (SSSR count). The Kier molecular flexibility index (Phi) is 3.81. The van der Waals surface area contributed by atoms with Gasteiger partial charge in [0.2, 0.25) is 0 Å². The lowest BCUT2D eigenvalue weighted by Crippen LogP contribution is -2.16. The van der Waals surface area contributed by atoms with E-state index < -0.39 is 0 Å². The molecule has 2 N–H and O–H groups in total. The largest absolute Gasteiger partial charge is 0.383 e. The lowest BCUT2D eigenvalue weighted by molar-refractivity contribution is 0.0793. The fourth-order valence-electron chi connectivity index (χ4n) is 2.74. The highest BCUT2D eigenvalue weighted by Gasteiger charge is 2.25. The zero-order valence-electron chi connectivity index (χ0n) is 11.5. The Morgan fingerprint density at radius 3 is 3.00 bits per heavy atom. The van der Waals surface area contributed by atoms with Crippen molar-refractivity contribution in [1.29, 1.82) is 0 Å². The fraction of sp³-hybridized carbons (Fsp3) is 0.400. The summed E-state index contributed by atoms with van der Waals surface area (Å²) in [5, 5.41) is 4.64. The van der Waals surface area contributed by atoms with Crippen LogP contribution in [0.2, 0.25) is 0 Å². The van der Waals surface area contributed by atoms with Crippen LogP contribution in [-0.4, -0.2) is 23.0 Å². The molecular weight excluding hydrogens is 318 g/mol. The number of rotatable bonds is 2. The van der Waals surface area contributed by atoms with E-state index in [9.17, 15) is 0 Å². The molecule has 1 saturated heterocycles. The van der Waals surface area contributed by atoms with Crippen molar-refractivity contribution in [3.8, 4) is 11.1 Å². The molecule has 5 heteroatoms. The smallest absolute Gasteiger partial charge is 0.129 e. The van der Waals surface area contributed by atoms with Crippen molar-refractivity contribution < 1.29 is 4.74 Å². The number of hydrogen-bond donors (Lipinski definition) is 1. The molecule has 0 spiro atoms. The van der Waals surface area contributed by atoms with Gasteiger partial charge in [0, 0.05) is 29.6 Å². The summed E-state index contributed by atoms with van der Waals surface area (Å²) < 4.78 is 8.41. The summed E-state index contributed by atoms with van der Waals surface area (Å²) in [4.78, 5) is 0. The summed E-state index contributed by atoms with van der Waals surface area (Å²) >= 11 is 3.52. The van der Waals surface area contributed by atoms with E-state index in [-0.39, 0.29) is 0 Å². The fourth-order valence-corrected chi connectivity index (χ4v) is 3.14. The van der Waals surface area contributed by atoms with E-state index in [2.05, 4.69) is 33.2 Å². The van der Waals surface area contributed by atoms with E-state index in [1.807, 2.05) is 19.2 Å². The Morgan fingerprint density at radius 1 is 1.45 bits per heavy atom.